The lowest BCUT2D eigenvalue weighted by Crippen LogP contribution is -2.06. The fourth-order valence-electron chi connectivity index (χ4n) is 1.95. The molecule has 6 nitrogen and oxygen atoms in total. The summed E-state index contributed by atoms with van der Waals surface area (Å²) in [6.45, 7) is 2.52. The van der Waals surface area contributed by atoms with Crippen LogP contribution in [0.25, 0.3) is 0 Å². The summed E-state index contributed by atoms with van der Waals surface area (Å²) in [6.07, 6.45) is 1.79. The van der Waals surface area contributed by atoms with Crippen molar-refractivity contribution in [2.24, 2.45) is 0 Å². The van der Waals surface area contributed by atoms with E-state index in [4.69, 9.17) is 18.9 Å². The van der Waals surface area contributed by atoms with Gasteiger partial charge in [0.2, 0.25) is 5.75 Å². The van der Waals surface area contributed by atoms with Gasteiger partial charge in [-0.2, -0.15) is 0 Å². The highest BCUT2D eigenvalue weighted by Crippen LogP contribution is 2.38. The quantitative estimate of drug-likeness (QED) is 0.528. The molecule has 0 heterocycles. The van der Waals surface area contributed by atoms with E-state index >= 15 is 0 Å². The Morgan fingerprint density at radius 3 is 2.27 bits per heavy atom. The SMILES string of the molecule is CCOC(=O)CCCCOc1c(OC)cc(CO)cc1OC. The van der Waals surface area contributed by atoms with Gasteiger partial charge in [0.15, 0.2) is 11.5 Å². The van der Waals surface area contributed by atoms with E-state index in [1.54, 1.807) is 19.1 Å². The van der Waals surface area contributed by atoms with Gasteiger partial charge in [0.05, 0.1) is 34.0 Å². The van der Waals surface area contributed by atoms with Crippen LogP contribution in [0, 0.1) is 0 Å². The average Bonchev–Trinajstić information content (AvgIpc) is 2.54. The molecule has 0 spiro atoms. The molecular formula is C16H24O6. The number of hydrogen-bond acceptors (Lipinski definition) is 6. The fraction of sp³-hybridized carbons (Fsp3) is 0.562. The minimum Gasteiger partial charge on any atom is -0.493 e. The van der Waals surface area contributed by atoms with Crippen LogP contribution in [0.4, 0.5) is 0 Å². The van der Waals surface area contributed by atoms with Crippen LogP contribution in [0.2, 0.25) is 0 Å². The average molecular weight is 312 g/mol. The number of benzene rings is 1. The first-order valence-electron chi connectivity index (χ1n) is 7.30. The van der Waals surface area contributed by atoms with E-state index in [-0.39, 0.29) is 12.6 Å². The number of aliphatic hydroxyl groups is 1. The number of esters is 1. The number of carbonyl (C=O) groups is 1. The molecule has 6 heteroatoms. The Bertz CT molecular complexity index is 447. The van der Waals surface area contributed by atoms with Crippen molar-refractivity contribution in [3.05, 3.63) is 17.7 Å². The molecule has 0 aliphatic carbocycles. The second-order valence-electron chi connectivity index (χ2n) is 4.60. The first-order chi connectivity index (χ1) is 10.7. The number of unbranched alkanes of at least 4 members (excludes halogenated alkanes) is 1. The fourth-order valence-corrected chi connectivity index (χ4v) is 1.95. The maximum Gasteiger partial charge on any atom is 0.305 e. The molecule has 0 aliphatic rings. The van der Waals surface area contributed by atoms with E-state index in [0.717, 1.165) is 0 Å². The molecule has 124 valence electrons. The third-order valence-corrected chi connectivity index (χ3v) is 3.03. The van der Waals surface area contributed by atoms with Gasteiger partial charge in [0, 0.05) is 6.42 Å². The second kappa shape index (κ2) is 9.89. The summed E-state index contributed by atoms with van der Waals surface area (Å²) in [5.41, 5.74) is 0.684. The highest BCUT2D eigenvalue weighted by molar-refractivity contribution is 5.69. The monoisotopic (exact) mass is 312 g/mol. The molecule has 0 aliphatic heterocycles. The summed E-state index contributed by atoms with van der Waals surface area (Å²) in [5.74, 6) is 1.32. The molecular weight excluding hydrogens is 288 g/mol. The van der Waals surface area contributed by atoms with E-state index in [1.165, 1.54) is 14.2 Å². The van der Waals surface area contributed by atoms with Gasteiger partial charge in [-0.05, 0) is 37.5 Å². The molecule has 1 rings (SSSR count). The zero-order chi connectivity index (χ0) is 16.4. The maximum absolute atomic E-state index is 11.2. The Morgan fingerprint density at radius 1 is 1.14 bits per heavy atom. The highest BCUT2D eigenvalue weighted by atomic mass is 16.5. The normalized spacial score (nSPS) is 10.2. The van der Waals surface area contributed by atoms with Crippen molar-refractivity contribution < 1.29 is 28.8 Å². The molecule has 1 aromatic carbocycles. The summed E-state index contributed by atoms with van der Waals surface area (Å²) < 4.78 is 21.1. The van der Waals surface area contributed by atoms with Gasteiger partial charge in [0.25, 0.3) is 0 Å². The minimum absolute atomic E-state index is 0.105. The topological polar surface area (TPSA) is 74.2 Å². The lowest BCUT2D eigenvalue weighted by atomic mass is 10.2. The van der Waals surface area contributed by atoms with Gasteiger partial charge in [-0.15, -0.1) is 0 Å². The molecule has 0 unspecified atom stereocenters. The molecule has 1 aromatic rings. The van der Waals surface area contributed by atoms with Gasteiger partial charge < -0.3 is 24.1 Å². The number of hydrogen-bond donors (Lipinski definition) is 1. The first kappa shape index (κ1) is 18.1. The zero-order valence-corrected chi connectivity index (χ0v) is 13.4. The van der Waals surface area contributed by atoms with Crippen LogP contribution < -0.4 is 14.2 Å². The van der Waals surface area contributed by atoms with Crippen molar-refractivity contribution in [3.8, 4) is 17.2 Å². The summed E-state index contributed by atoms with van der Waals surface area (Å²) in [5, 5.41) is 9.21. The van der Waals surface area contributed by atoms with Gasteiger partial charge in [0.1, 0.15) is 0 Å². The number of methoxy groups -OCH3 is 2. The Morgan fingerprint density at radius 2 is 1.77 bits per heavy atom. The van der Waals surface area contributed by atoms with Crippen molar-refractivity contribution >= 4 is 5.97 Å². The number of ether oxygens (including phenoxy) is 4. The summed E-state index contributed by atoms with van der Waals surface area (Å²) >= 11 is 0. The van der Waals surface area contributed by atoms with E-state index in [0.29, 0.717) is 55.3 Å². The van der Waals surface area contributed by atoms with Gasteiger partial charge in [-0.3, -0.25) is 4.79 Å². The summed E-state index contributed by atoms with van der Waals surface area (Å²) in [6, 6.07) is 3.41. The van der Waals surface area contributed by atoms with Crippen LogP contribution in [0.3, 0.4) is 0 Å². The molecule has 0 amide bonds. The van der Waals surface area contributed by atoms with Crippen LogP contribution in [0.15, 0.2) is 12.1 Å². The predicted molar refractivity (Wildman–Crippen MR) is 81.4 cm³/mol. The van der Waals surface area contributed by atoms with Crippen LogP contribution in [-0.2, 0) is 16.1 Å². The van der Waals surface area contributed by atoms with E-state index in [9.17, 15) is 9.90 Å². The third kappa shape index (κ3) is 5.44. The largest absolute Gasteiger partial charge is 0.493 e. The Kier molecular flexibility index (Phi) is 8.14. The Labute approximate surface area is 130 Å². The van der Waals surface area contributed by atoms with Crippen LogP contribution in [0.5, 0.6) is 17.2 Å². The molecule has 0 saturated heterocycles. The van der Waals surface area contributed by atoms with E-state index in [2.05, 4.69) is 0 Å². The molecule has 0 aromatic heterocycles. The molecule has 22 heavy (non-hydrogen) atoms. The molecule has 0 radical (unpaired) electrons. The molecule has 1 N–H and O–H groups in total. The van der Waals surface area contributed by atoms with Crippen molar-refractivity contribution in [1.82, 2.24) is 0 Å². The van der Waals surface area contributed by atoms with Crippen LogP contribution >= 0.6 is 0 Å². The number of carbonyl (C=O) groups excluding carboxylic acids is 1. The second-order valence-corrected chi connectivity index (χ2v) is 4.60. The van der Waals surface area contributed by atoms with Crippen LogP contribution in [-0.4, -0.2) is 38.5 Å². The van der Waals surface area contributed by atoms with Gasteiger partial charge in [-0.1, -0.05) is 0 Å². The third-order valence-electron chi connectivity index (χ3n) is 3.03. The lowest BCUT2D eigenvalue weighted by Gasteiger charge is -2.15. The summed E-state index contributed by atoms with van der Waals surface area (Å²) in [4.78, 5) is 11.2. The Balaban J connectivity index is 2.56. The highest BCUT2D eigenvalue weighted by Gasteiger charge is 2.14. The zero-order valence-electron chi connectivity index (χ0n) is 13.4. The van der Waals surface area contributed by atoms with Crippen molar-refractivity contribution in [2.45, 2.75) is 32.8 Å². The van der Waals surface area contributed by atoms with E-state index in [1.807, 2.05) is 0 Å². The Hall–Kier alpha value is -1.95. The van der Waals surface area contributed by atoms with Gasteiger partial charge >= 0.3 is 5.97 Å². The number of rotatable bonds is 10. The smallest absolute Gasteiger partial charge is 0.305 e. The molecule has 0 fully saturated rings. The standard InChI is InChI=1S/C16H24O6/c1-4-21-15(18)7-5-6-8-22-16-13(19-2)9-12(11-17)10-14(16)20-3/h9-10,17H,4-8,11H2,1-3H3. The molecule has 0 saturated carbocycles. The van der Waals surface area contributed by atoms with Crippen molar-refractivity contribution in [2.75, 3.05) is 27.4 Å². The predicted octanol–water partition coefficient (Wildman–Crippen LogP) is 2.31. The number of aliphatic hydroxyl groups excluding tert-OH is 1. The summed E-state index contributed by atoms with van der Waals surface area (Å²) in [7, 11) is 3.06. The molecule has 0 atom stereocenters. The van der Waals surface area contributed by atoms with Gasteiger partial charge in [-0.25, -0.2) is 0 Å². The lowest BCUT2D eigenvalue weighted by molar-refractivity contribution is -0.143. The first-order valence-corrected chi connectivity index (χ1v) is 7.30. The molecule has 0 bridgehead atoms. The maximum atomic E-state index is 11.2. The van der Waals surface area contributed by atoms with Crippen LogP contribution in [0.1, 0.15) is 31.7 Å². The van der Waals surface area contributed by atoms with Crippen molar-refractivity contribution in [1.29, 1.82) is 0 Å². The minimum atomic E-state index is -0.190. The van der Waals surface area contributed by atoms with E-state index < -0.39 is 0 Å². The van der Waals surface area contributed by atoms with Crippen molar-refractivity contribution in [3.63, 3.8) is 0 Å².